The first kappa shape index (κ1) is 24.3. The molecule has 1 spiro atoms. The van der Waals surface area contributed by atoms with Gasteiger partial charge in [-0.1, -0.05) is 36.8 Å². The fourth-order valence-electron chi connectivity index (χ4n) is 5.36. The standard InChI is InChI=1S/C28H36N2O4/c1-29-17-18-34-25-13-4-3-10-23(25)11-5-6-14-28(27(29)32)15-8-16-30(21-28)26(31)24-12-7-9-22(19-24)20-33-2/h3-4,7,9-10,12-13,19H,5-6,8,11,14-18,20-21H2,1-2H3. The van der Waals surface area contributed by atoms with E-state index in [1.807, 2.05) is 48.3 Å². The molecule has 6 heteroatoms. The molecule has 0 radical (unpaired) electrons. The summed E-state index contributed by atoms with van der Waals surface area (Å²) in [6, 6.07) is 15.8. The highest BCUT2D eigenvalue weighted by atomic mass is 16.5. The summed E-state index contributed by atoms with van der Waals surface area (Å²) < 4.78 is 11.3. The zero-order chi connectivity index (χ0) is 24.0. The van der Waals surface area contributed by atoms with Crippen LogP contribution in [0.1, 0.15) is 53.6 Å². The van der Waals surface area contributed by atoms with Gasteiger partial charge < -0.3 is 19.3 Å². The van der Waals surface area contributed by atoms with Crippen molar-refractivity contribution in [3.8, 4) is 5.75 Å². The molecule has 2 amide bonds. The molecule has 2 aliphatic rings. The van der Waals surface area contributed by atoms with E-state index < -0.39 is 5.41 Å². The second-order valence-electron chi connectivity index (χ2n) is 9.63. The fourth-order valence-corrected chi connectivity index (χ4v) is 5.36. The number of hydrogen-bond acceptors (Lipinski definition) is 4. The maximum absolute atomic E-state index is 13.7. The van der Waals surface area contributed by atoms with Crippen molar-refractivity contribution in [2.75, 3.05) is 40.4 Å². The molecule has 4 rings (SSSR count). The minimum atomic E-state index is -0.536. The van der Waals surface area contributed by atoms with Gasteiger partial charge in [-0.05, 0) is 61.4 Å². The molecule has 2 aromatic rings. The number of likely N-dealkylation sites (N-methyl/N-ethyl adjacent to an activating group) is 1. The lowest BCUT2D eigenvalue weighted by molar-refractivity contribution is -0.144. The van der Waals surface area contributed by atoms with Crippen molar-refractivity contribution in [3.63, 3.8) is 0 Å². The number of aryl methyl sites for hydroxylation is 1. The van der Waals surface area contributed by atoms with Crippen LogP contribution >= 0.6 is 0 Å². The Morgan fingerprint density at radius 1 is 1.06 bits per heavy atom. The molecular formula is C28H36N2O4. The third kappa shape index (κ3) is 5.44. The van der Waals surface area contributed by atoms with Gasteiger partial charge in [-0.3, -0.25) is 9.59 Å². The molecule has 34 heavy (non-hydrogen) atoms. The van der Waals surface area contributed by atoms with Crippen molar-refractivity contribution in [3.05, 3.63) is 65.2 Å². The summed E-state index contributed by atoms with van der Waals surface area (Å²) in [6.45, 7) is 2.62. The van der Waals surface area contributed by atoms with Crippen LogP contribution in [0.2, 0.25) is 0 Å². The van der Waals surface area contributed by atoms with E-state index >= 15 is 0 Å². The number of ether oxygens (including phenoxy) is 2. The summed E-state index contributed by atoms with van der Waals surface area (Å²) in [7, 11) is 3.51. The largest absolute Gasteiger partial charge is 0.491 e. The highest BCUT2D eigenvalue weighted by Crippen LogP contribution is 2.38. The second-order valence-corrected chi connectivity index (χ2v) is 9.63. The average Bonchev–Trinajstić information content (AvgIpc) is 2.86. The van der Waals surface area contributed by atoms with Gasteiger partial charge in [0, 0.05) is 32.8 Å². The van der Waals surface area contributed by atoms with Gasteiger partial charge in [0.25, 0.3) is 5.91 Å². The van der Waals surface area contributed by atoms with E-state index in [0.717, 1.165) is 49.8 Å². The zero-order valence-electron chi connectivity index (χ0n) is 20.4. The van der Waals surface area contributed by atoms with E-state index in [1.165, 1.54) is 5.56 Å². The van der Waals surface area contributed by atoms with Crippen LogP contribution in [0.3, 0.4) is 0 Å². The summed E-state index contributed by atoms with van der Waals surface area (Å²) in [4.78, 5) is 30.9. The molecule has 1 fully saturated rings. The Bertz CT molecular complexity index is 1010. The van der Waals surface area contributed by atoms with Crippen molar-refractivity contribution in [2.24, 2.45) is 5.41 Å². The van der Waals surface area contributed by atoms with Gasteiger partial charge in [0.1, 0.15) is 12.4 Å². The molecule has 2 aromatic carbocycles. The first-order valence-corrected chi connectivity index (χ1v) is 12.4. The lowest BCUT2D eigenvalue weighted by Crippen LogP contribution is -2.54. The smallest absolute Gasteiger partial charge is 0.253 e. The van der Waals surface area contributed by atoms with Crippen molar-refractivity contribution in [2.45, 2.75) is 45.1 Å². The highest BCUT2D eigenvalue weighted by molar-refractivity contribution is 5.95. The van der Waals surface area contributed by atoms with Crippen LogP contribution < -0.4 is 4.74 Å². The minimum absolute atomic E-state index is 0.00383. The molecule has 1 atom stereocenters. The maximum Gasteiger partial charge on any atom is 0.253 e. The Morgan fingerprint density at radius 2 is 1.88 bits per heavy atom. The average molecular weight is 465 g/mol. The molecular weight excluding hydrogens is 428 g/mol. The first-order chi connectivity index (χ1) is 16.5. The molecule has 2 aliphatic heterocycles. The van der Waals surface area contributed by atoms with Crippen LogP contribution in [0.5, 0.6) is 5.75 Å². The molecule has 0 aliphatic carbocycles. The van der Waals surface area contributed by atoms with E-state index in [-0.39, 0.29) is 11.8 Å². The first-order valence-electron chi connectivity index (χ1n) is 12.4. The number of nitrogens with zero attached hydrogens (tertiary/aromatic N) is 2. The molecule has 2 heterocycles. The summed E-state index contributed by atoms with van der Waals surface area (Å²) in [5.74, 6) is 1.05. The van der Waals surface area contributed by atoms with Gasteiger partial charge in [-0.25, -0.2) is 0 Å². The molecule has 1 saturated heterocycles. The zero-order valence-corrected chi connectivity index (χ0v) is 20.4. The number of piperidine rings is 1. The number of para-hydroxylation sites is 1. The van der Waals surface area contributed by atoms with Crippen LogP contribution in [0.25, 0.3) is 0 Å². The van der Waals surface area contributed by atoms with Crippen LogP contribution in [-0.4, -0.2) is 62.0 Å². The predicted molar refractivity (Wildman–Crippen MR) is 132 cm³/mol. The molecule has 0 N–H and O–H groups in total. The van der Waals surface area contributed by atoms with E-state index in [2.05, 4.69) is 12.1 Å². The lowest BCUT2D eigenvalue weighted by Gasteiger charge is -2.44. The predicted octanol–water partition coefficient (Wildman–Crippen LogP) is 4.32. The molecule has 1 unspecified atom stereocenters. The molecule has 0 aromatic heterocycles. The van der Waals surface area contributed by atoms with Crippen LogP contribution in [0.4, 0.5) is 0 Å². The van der Waals surface area contributed by atoms with E-state index in [4.69, 9.17) is 9.47 Å². The Labute approximate surface area is 202 Å². The van der Waals surface area contributed by atoms with Crippen molar-refractivity contribution < 1.29 is 19.1 Å². The Morgan fingerprint density at radius 3 is 2.74 bits per heavy atom. The highest BCUT2D eigenvalue weighted by Gasteiger charge is 2.44. The molecule has 182 valence electrons. The third-order valence-electron chi connectivity index (χ3n) is 7.16. The number of methoxy groups -OCH3 is 1. The van der Waals surface area contributed by atoms with Gasteiger partial charge in [0.05, 0.1) is 18.6 Å². The number of rotatable bonds is 3. The van der Waals surface area contributed by atoms with E-state index in [0.29, 0.717) is 38.4 Å². The van der Waals surface area contributed by atoms with Gasteiger partial charge >= 0.3 is 0 Å². The van der Waals surface area contributed by atoms with E-state index in [1.54, 1.807) is 12.0 Å². The summed E-state index contributed by atoms with van der Waals surface area (Å²) >= 11 is 0. The van der Waals surface area contributed by atoms with E-state index in [9.17, 15) is 9.59 Å². The normalized spacial score (nSPS) is 21.9. The van der Waals surface area contributed by atoms with Gasteiger partial charge in [0.2, 0.25) is 5.91 Å². The Kier molecular flexibility index (Phi) is 7.88. The Hall–Kier alpha value is -2.86. The van der Waals surface area contributed by atoms with Gasteiger partial charge in [-0.2, -0.15) is 0 Å². The number of likely N-dealkylation sites (tertiary alicyclic amines) is 1. The number of benzene rings is 2. The number of fused-ring (bicyclic) bond motifs is 1. The van der Waals surface area contributed by atoms with Crippen molar-refractivity contribution in [1.29, 1.82) is 0 Å². The fraction of sp³-hybridized carbons (Fsp3) is 0.500. The topological polar surface area (TPSA) is 59.1 Å². The van der Waals surface area contributed by atoms with Gasteiger partial charge in [0.15, 0.2) is 0 Å². The molecule has 6 nitrogen and oxygen atoms in total. The van der Waals surface area contributed by atoms with Crippen molar-refractivity contribution >= 4 is 11.8 Å². The SMILES string of the molecule is COCc1cccc(C(=O)N2CCCC3(CCCCc4ccccc4OCCN(C)C3=O)C2)c1. The summed E-state index contributed by atoms with van der Waals surface area (Å²) in [5, 5.41) is 0. The number of amides is 2. The van der Waals surface area contributed by atoms with Gasteiger partial charge in [-0.15, -0.1) is 0 Å². The summed E-state index contributed by atoms with van der Waals surface area (Å²) in [5.41, 5.74) is 2.32. The summed E-state index contributed by atoms with van der Waals surface area (Å²) in [6.07, 6.45) is 5.33. The number of carbonyl (C=O) groups excluding carboxylic acids is 2. The Balaban J connectivity index is 1.53. The molecule has 0 saturated carbocycles. The molecule has 0 bridgehead atoms. The van der Waals surface area contributed by atoms with Crippen LogP contribution in [0, 0.1) is 5.41 Å². The third-order valence-corrected chi connectivity index (χ3v) is 7.16. The lowest BCUT2D eigenvalue weighted by atomic mass is 9.74. The van der Waals surface area contributed by atoms with Crippen molar-refractivity contribution in [1.82, 2.24) is 9.80 Å². The number of hydrogen-bond donors (Lipinski definition) is 0. The van der Waals surface area contributed by atoms with Crippen LogP contribution in [-0.2, 0) is 22.6 Å². The van der Waals surface area contributed by atoms with Crippen LogP contribution in [0.15, 0.2) is 48.5 Å². The maximum atomic E-state index is 13.7. The minimum Gasteiger partial charge on any atom is -0.491 e. The number of carbonyl (C=O) groups is 2. The monoisotopic (exact) mass is 464 g/mol. The second kappa shape index (κ2) is 11.0. The quantitative estimate of drug-likeness (QED) is 0.679.